The van der Waals surface area contributed by atoms with Crippen LogP contribution in [-0.4, -0.2) is 36.3 Å². The number of amides is 2. The topological polar surface area (TPSA) is 103 Å². The Hall–Kier alpha value is -2.34. The van der Waals surface area contributed by atoms with Crippen LogP contribution in [0.4, 0.5) is 0 Å². The molecule has 4 N–H and O–H groups in total. The number of furan rings is 1. The standard InChI is InChI=1S/C17H20N2O2.CH3NO/c1-10-16(11-4-6-19(10)7-5-11)12-2-3-15-13(8-12)14(9-21-15)17(18)20;2-1-3/h2-3,8-11,16H,4-7H2,1H3,(H2,18,20);1H,(H2,2,3)/t10-,16+;/m0./s1. The summed E-state index contributed by atoms with van der Waals surface area (Å²) in [5, 5.41) is 0.851. The normalized spacial score (nSPS) is 28.2. The maximum Gasteiger partial charge on any atom is 0.252 e. The van der Waals surface area contributed by atoms with Crippen molar-refractivity contribution in [2.45, 2.75) is 31.7 Å². The molecule has 0 spiro atoms. The Morgan fingerprint density at radius 3 is 2.58 bits per heavy atom. The van der Waals surface area contributed by atoms with Crippen molar-refractivity contribution < 1.29 is 14.0 Å². The van der Waals surface area contributed by atoms with Crippen LogP contribution in [0, 0.1) is 5.92 Å². The van der Waals surface area contributed by atoms with Gasteiger partial charge in [0, 0.05) is 17.3 Å². The van der Waals surface area contributed by atoms with Gasteiger partial charge in [-0.2, -0.15) is 0 Å². The quantitative estimate of drug-likeness (QED) is 0.820. The lowest BCUT2D eigenvalue weighted by molar-refractivity contribution is -0.106. The van der Waals surface area contributed by atoms with E-state index >= 15 is 0 Å². The number of hydrogen-bond acceptors (Lipinski definition) is 4. The molecule has 6 heteroatoms. The van der Waals surface area contributed by atoms with E-state index in [9.17, 15) is 4.79 Å². The third-order valence-corrected chi connectivity index (χ3v) is 5.43. The van der Waals surface area contributed by atoms with E-state index in [4.69, 9.17) is 14.9 Å². The highest BCUT2D eigenvalue weighted by molar-refractivity contribution is 6.05. The van der Waals surface area contributed by atoms with Gasteiger partial charge in [-0.1, -0.05) is 6.07 Å². The molecule has 2 atom stereocenters. The summed E-state index contributed by atoms with van der Waals surface area (Å²) in [4.78, 5) is 22.7. The fraction of sp³-hybridized carbons (Fsp3) is 0.444. The van der Waals surface area contributed by atoms with E-state index in [1.807, 2.05) is 6.07 Å². The Morgan fingerprint density at radius 1 is 1.33 bits per heavy atom. The van der Waals surface area contributed by atoms with Crippen LogP contribution >= 0.6 is 0 Å². The van der Waals surface area contributed by atoms with Crippen molar-refractivity contribution in [1.29, 1.82) is 0 Å². The molecule has 3 aliphatic heterocycles. The largest absolute Gasteiger partial charge is 0.463 e. The fourth-order valence-electron chi connectivity index (χ4n) is 4.30. The van der Waals surface area contributed by atoms with Gasteiger partial charge in [0.15, 0.2) is 0 Å². The summed E-state index contributed by atoms with van der Waals surface area (Å²) in [5.41, 5.74) is 12.1. The maximum absolute atomic E-state index is 11.5. The molecule has 2 amide bonds. The van der Waals surface area contributed by atoms with Crippen LogP contribution in [0.15, 0.2) is 28.9 Å². The average Bonchev–Trinajstić information content (AvgIpc) is 3.00. The smallest absolute Gasteiger partial charge is 0.252 e. The molecular weight excluding hydrogens is 306 g/mol. The number of fused-ring (bicyclic) bond motifs is 4. The van der Waals surface area contributed by atoms with E-state index in [0.29, 0.717) is 17.5 Å². The first kappa shape index (κ1) is 16.5. The third kappa shape index (κ3) is 2.78. The molecule has 3 fully saturated rings. The molecule has 0 saturated carbocycles. The molecule has 6 nitrogen and oxygen atoms in total. The summed E-state index contributed by atoms with van der Waals surface area (Å²) in [6.07, 6.45) is 4.28. The maximum atomic E-state index is 11.5. The first-order valence-electron chi connectivity index (χ1n) is 8.27. The Balaban J connectivity index is 0.000000526. The fourth-order valence-corrected chi connectivity index (χ4v) is 4.30. The minimum atomic E-state index is -0.423. The van der Waals surface area contributed by atoms with Crippen LogP contribution in [0.25, 0.3) is 11.0 Å². The molecule has 0 radical (unpaired) electrons. The van der Waals surface area contributed by atoms with Crippen LogP contribution in [-0.2, 0) is 4.79 Å². The number of nitrogens with two attached hydrogens (primary N) is 2. The van der Waals surface area contributed by atoms with Crippen molar-refractivity contribution in [2.24, 2.45) is 17.4 Å². The SMILES string of the molecule is C[C@H]1[C@@H](c2ccc3occ(C(N)=O)c3c2)C2CCN1CC2.NC=O. The number of carbonyl (C=O) groups excluding carboxylic acids is 2. The Kier molecular flexibility index (Phi) is 4.57. The highest BCUT2D eigenvalue weighted by Crippen LogP contribution is 2.44. The number of nitrogens with zero attached hydrogens (tertiary/aromatic N) is 1. The Morgan fingerprint density at radius 2 is 2.00 bits per heavy atom. The number of piperidine rings is 3. The van der Waals surface area contributed by atoms with Crippen molar-refractivity contribution in [3.63, 3.8) is 0 Å². The molecule has 5 rings (SSSR count). The minimum absolute atomic E-state index is 0.250. The van der Waals surface area contributed by atoms with E-state index < -0.39 is 5.91 Å². The van der Waals surface area contributed by atoms with Gasteiger partial charge in [-0.05, 0) is 56.5 Å². The van der Waals surface area contributed by atoms with Crippen LogP contribution in [0.5, 0.6) is 0 Å². The first-order valence-corrected chi connectivity index (χ1v) is 8.27. The lowest BCUT2D eigenvalue weighted by atomic mass is 9.71. The summed E-state index contributed by atoms with van der Waals surface area (Å²) >= 11 is 0. The van der Waals surface area contributed by atoms with Gasteiger partial charge in [0.25, 0.3) is 5.91 Å². The van der Waals surface area contributed by atoms with Gasteiger partial charge in [-0.3, -0.25) is 9.59 Å². The second-order valence-electron chi connectivity index (χ2n) is 6.55. The van der Waals surface area contributed by atoms with Gasteiger partial charge < -0.3 is 20.8 Å². The second kappa shape index (κ2) is 6.65. The van der Waals surface area contributed by atoms with Crippen LogP contribution in [0.1, 0.15) is 41.6 Å². The minimum Gasteiger partial charge on any atom is -0.463 e. The molecular formula is C18H23N3O3. The summed E-state index contributed by atoms with van der Waals surface area (Å²) in [6, 6.07) is 6.81. The van der Waals surface area contributed by atoms with Gasteiger partial charge in [-0.25, -0.2) is 0 Å². The van der Waals surface area contributed by atoms with E-state index in [1.54, 1.807) is 0 Å². The molecule has 128 valence electrons. The number of benzene rings is 1. The van der Waals surface area contributed by atoms with Gasteiger partial charge in [0.2, 0.25) is 6.41 Å². The van der Waals surface area contributed by atoms with Crippen LogP contribution < -0.4 is 11.5 Å². The Labute approximate surface area is 140 Å². The van der Waals surface area contributed by atoms with E-state index in [2.05, 4.69) is 29.7 Å². The van der Waals surface area contributed by atoms with Gasteiger partial charge in [0.05, 0.1) is 5.56 Å². The van der Waals surface area contributed by atoms with Crippen molar-refractivity contribution in [2.75, 3.05) is 13.1 Å². The predicted octanol–water partition coefficient (Wildman–Crippen LogP) is 1.83. The predicted molar refractivity (Wildman–Crippen MR) is 91.5 cm³/mol. The summed E-state index contributed by atoms with van der Waals surface area (Å²) in [5.74, 6) is 0.881. The molecule has 24 heavy (non-hydrogen) atoms. The zero-order chi connectivity index (χ0) is 17.3. The lowest BCUT2D eigenvalue weighted by Crippen LogP contribution is -2.52. The number of rotatable bonds is 2. The Bertz CT molecular complexity index is 745. The molecule has 1 aromatic heterocycles. The highest BCUT2D eigenvalue weighted by Gasteiger charge is 2.40. The number of carbonyl (C=O) groups is 2. The van der Waals surface area contributed by atoms with Crippen LogP contribution in [0.2, 0.25) is 0 Å². The van der Waals surface area contributed by atoms with Crippen molar-refractivity contribution >= 4 is 23.3 Å². The zero-order valence-corrected chi connectivity index (χ0v) is 13.8. The van der Waals surface area contributed by atoms with E-state index in [1.165, 1.54) is 37.8 Å². The molecule has 3 aliphatic rings. The lowest BCUT2D eigenvalue weighted by Gasteiger charge is -2.50. The number of primary amides is 2. The average molecular weight is 329 g/mol. The molecule has 0 aliphatic carbocycles. The summed E-state index contributed by atoms with van der Waals surface area (Å²) < 4.78 is 5.43. The van der Waals surface area contributed by atoms with Gasteiger partial charge in [0.1, 0.15) is 11.8 Å². The zero-order valence-electron chi connectivity index (χ0n) is 13.8. The first-order chi connectivity index (χ1) is 11.6. The van der Waals surface area contributed by atoms with Gasteiger partial charge in [-0.15, -0.1) is 0 Å². The molecule has 0 unspecified atom stereocenters. The summed E-state index contributed by atoms with van der Waals surface area (Å²) in [7, 11) is 0. The molecule has 4 heterocycles. The van der Waals surface area contributed by atoms with E-state index in [-0.39, 0.29) is 6.41 Å². The third-order valence-electron chi connectivity index (χ3n) is 5.43. The van der Waals surface area contributed by atoms with Gasteiger partial charge >= 0.3 is 0 Å². The van der Waals surface area contributed by atoms with Crippen molar-refractivity contribution in [1.82, 2.24) is 4.90 Å². The van der Waals surface area contributed by atoms with Crippen molar-refractivity contribution in [3.05, 3.63) is 35.6 Å². The number of hydrogen-bond donors (Lipinski definition) is 2. The summed E-state index contributed by atoms with van der Waals surface area (Å²) in [6.45, 7) is 4.77. The van der Waals surface area contributed by atoms with Crippen LogP contribution in [0.3, 0.4) is 0 Å². The molecule has 2 bridgehead atoms. The highest BCUT2D eigenvalue weighted by atomic mass is 16.3. The monoisotopic (exact) mass is 329 g/mol. The molecule has 1 aromatic carbocycles. The molecule has 3 saturated heterocycles. The van der Waals surface area contributed by atoms with E-state index in [0.717, 1.165) is 16.9 Å². The van der Waals surface area contributed by atoms with Crippen molar-refractivity contribution in [3.8, 4) is 0 Å². The molecule has 2 aromatic rings. The second-order valence-corrected chi connectivity index (χ2v) is 6.55.